The molecule has 1 aromatic heterocycles. The van der Waals surface area contributed by atoms with Gasteiger partial charge in [0.05, 0.1) is 0 Å². The Morgan fingerprint density at radius 3 is 2.91 bits per heavy atom. The highest BCUT2D eigenvalue weighted by molar-refractivity contribution is 14.1. The summed E-state index contributed by atoms with van der Waals surface area (Å²) in [7, 11) is 0. The molecular weight excluding hydrogens is 255 g/mol. The van der Waals surface area contributed by atoms with Crippen LogP contribution in [-0.2, 0) is 3.61 Å². The maximum Gasteiger partial charge on any atom is 0.159 e. The fraction of sp³-hybridized carbons (Fsp3) is 0.429. The van der Waals surface area contributed by atoms with Crippen LogP contribution >= 0.6 is 22.6 Å². The minimum Gasteiger partial charge on any atom is -0.374 e. The lowest BCUT2D eigenvalue weighted by molar-refractivity contribution is 0.147. The Labute approximate surface area is 79.0 Å². The molecule has 1 aromatic rings. The summed E-state index contributed by atoms with van der Waals surface area (Å²) in [5.74, 6) is 0. The first-order valence-corrected chi connectivity index (χ1v) is 4.44. The summed E-state index contributed by atoms with van der Waals surface area (Å²) in [6.07, 6.45) is 2.22. The summed E-state index contributed by atoms with van der Waals surface area (Å²) in [4.78, 5) is 0. The van der Waals surface area contributed by atoms with E-state index in [0.717, 1.165) is 0 Å². The summed E-state index contributed by atoms with van der Waals surface area (Å²) >= 11 is 1.96. The molecule has 0 spiro atoms. The van der Waals surface area contributed by atoms with Gasteiger partial charge in [0.15, 0.2) is 3.61 Å². The van der Waals surface area contributed by atoms with E-state index in [2.05, 4.69) is 10.2 Å². The number of halogens is 1. The predicted molar refractivity (Wildman–Crippen MR) is 50.2 cm³/mol. The molecule has 11 heavy (non-hydrogen) atoms. The third kappa shape index (κ3) is 2.10. The van der Waals surface area contributed by atoms with Crippen molar-refractivity contribution in [2.24, 2.45) is 0 Å². The molecule has 0 aliphatic heterocycles. The largest absolute Gasteiger partial charge is 0.374 e. The van der Waals surface area contributed by atoms with Crippen molar-refractivity contribution in [1.82, 2.24) is 10.2 Å². The molecule has 0 bridgehead atoms. The minimum absolute atomic E-state index is 0.614. The molecule has 1 N–H and O–H groups in total. The number of nitrogens with zero attached hydrogens (tertiary/aromatic N) is 2. The monoisotopic (exact) mass is 264 g/mol. The van der Waals surface area contributed by atoms with Gasteiger partial charge in [0.25, 0.3) is 0 Å². The molecule has 1 heterocycles. The van der Waals surface area contributed by atoms with Gasteiger partial charge in [0, 0.05) is 6.20 Å². The highest BCUT2D eigenvalue weighted by Crippen LogP contribution is 2.29. The highest BCUT2D eigenvalue weighted by atomic mass is 127. The van der Waals surface area contributed by atoms with E-state index >= 15 is 0 Å². The van der Waals surface area contributed by atoms with Crippen LogP contribution in [0.2, 0.25) is 0 Å². The van der Waals surface area contributed by atoms with Gasteiger partial charge in [-0.1, -0.05) is 6.92 Å². The van der Waals surface area contributed by atoms with Gasteiger partial charge in [0.1, 0.15) is 5.69 Å². The summed E-state index contributed by atoms with van der Waals surface area (Å²) in [5.41, 5.74) is 0.614. The van der Waals surface area contributed by atoms with Crippen molar-refractivity contribution in [2.45, 2.75) is 17.0 Å². The van der Waals surface area contributed by atoms with Crippen molar-refractivity contribution >= 4 is 22.6 Å². The van der Waals surface area contributed by atoms with E-state index in [1.54, 1.807) is 18.3 Å². The average molecular weight is 264 g/mol. The van der Waals surface area contributed by atoms with Crippen LogP contribution in [0.1, 0.15) is 19.0 Å². The van der Waals surface area contributed by atoms with E-state index in [9.17, 15) is 5.11 Å². The molecule has 1 rings (SSSR count). The lowest BCUT2D eigenvalue weighted by atomic mass is 10.2. The van der Waals surface area contributed by atoms with Gasteiger partial charge in [0.2, 0.25) is 0 Å². The molecule has 0 radical (unpaired) electrons. The molecular formula is C7H9IN2O. The van der Waals surface area contributed by atoms with E-state index in [1.807, 2.05) is 29.5 Å². The van der Waals surface area contributed by atoms with Crippen LogP contribution < -0.4 is 0 Å². The molecule has 3 nitrogen and oxygen atoms in total. The lowest BCUT2D eigenvalue weighted by Crippen LogP contribution is -2.17. The topological polar surface area (TPSA) is 46.0 Å². The van der Waals surface area contributed by atoms with E-state index in [1.165, 1.54) is 0 Å². The molecule has 0 saturated carbocycles. The maximum atomic E-state index is 9.68. The first-order valence-electron chi connectivity index (χ1n) is 3.36. The Morgan fingerprint density at radius 2 is 2.45 bits per heavy atom. The summed E-state index contributed by atoms with van der Waals surface area (Å²) in [5, 5.41) is 17.2. The van der Waals surface area contributed by atoms with Crippen LogP contribution in [-0.4, -0.2) is 15.3 Å². The second-order valence-corrected chi connectivity index (χ2v) is 4.01. The zero-order valence-corrected chi connectivity index (χ0v) is 8.32. The molecule has 0 saturated heterocycles. The zero-order valence-electron chi connectivity index (χ0n) is 6.16. The molecule has 4 heteroatoms. The van der Waals surface area contributed by atoms with Crippen molar-refractivity contribution in [3.8, 4) is 0 Å². The van der Waals surface area contributed by atoms with Crippen LogP contribution in [0.15, 0.2) is 18.3 Å². The molecule has 0 fully saturated rings. The van der Waals surface area contributed by atoms with Crippen molar-refractivity contribution in [1.29, 1.82) is 0 Å². The lowest BCUT2D eigenvalue weighted by Gasteiger charge is -2.16. The number of aromatic nitrogens is 2. The SMILES string of the molecule is CCC(O)(I)c1cccnn1. The summed E-state index contributed by atoms with van der Waals surface area (Å²) < 4.78 is -0.869. The average Bonchev–Trinajstić information content (AvgIpc) is 2.06. The van der Waals surface area contributed by atoms with Crippen LogP contribution in [0.5, 0.6) is 0 Å². The second kappa shape index (κ2) is 3.44. The quantitative estimate of drug-likeness (QED) is 0.649. The molecule has 0 aliphatic rings. The fourth-order valence-corrected chi connectivity index (χ4v) is 0.975. The minimum atomic E-state index is -0.869. The van der Waals surface area contributed by atoms with Crippen LogP contribution in [0, 0.1) is 0 Å². The number of rotatable bonds is 2. The number of alkyl halides is 1. The smallest absolute Gasteiger partial charge is 0.159 e. The van der Waals surface area contributed by atoms with Crippen LogP contribution in [0.25, 0.3) is 0 Å². The Bertz CT molecular complexity index is 225. The number of hydrogen-bond acceptors (Lipinski definition) is 3. The molecule has 0 amide bonds. The fourth-order valence-electron chi connectivity index (χ4n) is 0.687. The first kappa shape index (κ1) is 8.86. The first-order chi connectivity index (χ1) is 5.17. The van der Waals surface area contributed by atoms with E-state index < -0.39 is 3.61 Å². The van der Waals surface area contributed by atoms with Crippen molar-refractivity contribution < 1.29 is 5.11 Å². The van der Waals surface area contributed by atoms with Gasteiger partial charge in [-0.3, -0.25) is 0 Å². The van der Waals surface area contributed by atoms with E-state index in [-0.39, 0.29) is 0 Å². The Balaban J connectivity index is 2.93. The van der Waals surface area contributed by atoms with Gasteiger partial charge < -0.3 is 5.11 Å². The van der Waals surface area contributed by atoms with Crippen LogP contribution in [0.4, 0.5) is 0 Å². The number of hydrogen-bond donors (Lipinski definition) is 1. The Morgan fingerprint density at radius 1 is 1.73 bits per heavy atom. The van der Waals surface area contributed by atoms with E-state index in [4.69, 9.17) is 0 Å². The van der Waals surface area contributed by atoms with Crippen LogP contribution in [0.3, 0.4) is 0 Å². The van der Waals surface area contributed by atoms with Gasteiger partial charge in [-0.05, 0) is 41.1 Å². The zero-order chi connectivity index (χ0) is 8.32. The van der Waals surface area contributed by atoms with Crippen molar-refractivity contribution in [3.05, 3.63) is 24.0 Å². The predicted octanol–water partition coefficient (Wildman–Crippen LogP) is 1.47. The van der Waals surface area contributed by atoms with Gasteiger partial charge in [-0.15, -0.1) is 0 Å². The Kier molecular flexibility index (Phi) is 2.78. The molecule has 1 atom stereocenters. The molecule has 0 aromatic carbocycles. The number of aliphatic hydroxyl groups is 1. The van der Waals surface area contributed by atoms with Crippen molar-refractivity contribution in [2.75, 3.05) is 0 Å². The highest BCUT2D eigenvalue weighted by Gasteiger charge is 2.24. The van der Waals surface area contributed by atoms with Gasteiger partial charge >= 0.3 is 0 Å². The maximum absolute atomic E-state index is 9.68. The van der Waals surface area contributed by atoms with Gasteiger partial charge in [-0.2, -0.15) is 10.2 Å². The van der Waals surface area contributed by atoms with Crippen molar-refractivity contribution in [3.63, 3.8) is 0 Å². The normalized spacial score (nSPS) is 15.9. The standard InChI is InChI=1S/C7H9IN2O/c1-2-7(8,11)6-4-3-5-9-10-6/h3-5,11H,2H2,1H3. The Hall–Kier alpha value is -0.230. The molecule has 60 valence electrons. The van der Waals surface area contributed by atoms with E-state index in [0.29, 0.717) is 12.1 Å². The second-order valence-electron chi connectivity index (χ2n) is 2.22. The van der Waals surface area contributed by atoms with Gasteiger partial charge in [-0.25, -0.2) is 0 Å². The third-order valence-electron chi connectivity index (χ3n) is 1.43. The summed E-state index contributed by atoms with van der Waals surface area (Å²) in [6, 6.07) is 3.53. The molecule has 0 aliphatic carbocycles. The third-order valence-corrected chi connectivity index (χ3v) is 2.75. The summed E-state index contributed by atoms with van der Waals surface area (Å²) in [6.45, 7) is 1.90. The molecule has 1 unspecified atom stereocenters.